The highest BCUT2D eigenvalue weighted by Gasteiger charge is 2.47. The minimum Gasteiger partial charge on any atom is -0.491 e. The summed E-state index contributed by atoms with van der Waals surface area (Å²) in [5, 5.41) is 8.92. The number of ether oxygens (including phenoxy) is 1. The summed E-state index contributed by atoms with van der Waals surface area (Å²) in [6.07, 6.45) is 4.40. The van der Waals surface area contributed by atoms with Crippen LogP contribution < -0.4 is 4.74 Å². The van der Waals surface area contributed by atoms with E-state index in [9.17, 15) is 4.79 Å². The van der Waals surface area contributed by atoms with Crippen LogP contribution in [0.4, 0.5) is 0 Å². The van der Waals surface area contributed by atoms with Crippen LogP contribution >= 0.6 is 0 Å². The Bertz CT molecular complexity index is 827. The summed E-state index contributed by atoms with van der Waals surface area (Å²) >= 11 is 0. The maximum absolute atomic E-state index is 12.3. The lowest BCUT2D eigenvalue weighted by atomic mass is 9.78. The molecule has 3 heterocycles. The quantitative estimate of drug-likeness (QED) is 0.820. The van der Waals surface area contributed by atoms with Crippen molar-refractivity contribution in [1.29, 1.82) is 0 Å². The molecule has 0 saturated carbocycles. The van der Waals surface area contributed by atoms with Crippen LogP contribution in [-0.4, -0.2) is 63.6 Å². The molecule has 4 rings (SSSR count). The molecule has 1 aromatic carbocycles. The molecule has 0 radical (unpaired) electrons. The number of nitrogens with zero attached hydrogens (tertiary/aromatic N) is 3. The molecule has 1 saturated heterocycles. The average Bonchev–Trinajstić information content (AvgIpc) is 3.18. The number of hydrogen-bond donors (Lipinski definition) is 2. The first kappa shape index (κ1) is 19.0. The standard InChI is InChI=1S/C21H28N4O3/c1-16(27)25-8-5-19-20(23-15-22-19)21(25)6-9-24(10-7-21)14-17-3-2-4-18(13-17)28-12-11-26/h2-4,13,15,26H,5-12,14H2,1H3,(H,22,23). The number of benzene rings is 1. The number of aromatic amines is 1. The Labute approximate surface area is 165 Å². The molecule has 2 aliphatic heterocycles. The van der Waals surface area contributed by atoms with Gasteiger partial charge in [0.25, 0.3) is 0 Å². The second-order valence-electron chi connectivity index (χ2n) is 7.68. The maximum Gasteiger partial charge on any atom is 0.220 e. The van der Waals surface area contributed by atoms with E-state index in [1.54, 1.807) is 13.3 Å². The Morgan fingerprint density at radius 1 is 1.32 bits per heavy atom. The van der Waals surface area contributed by atoms with Gasteiger partial charge in [-0.15, -0.1) is 0 Å². The number of aromatic nitrogens is 2. The summed E-state index contributed by atoms with van der Waals surface area (Å²) in [5.41, 5.74) is 3.16. The van der Waals surface area contributed by atoms with Gasteiger partial charge in [0.1, 0.15) is 12.4 Å². The van der Waals surface area contributed by atoms with E-state index in [1.165, 1.54) is 11.3 Å². The largest absolute Gasteiger partial charge is 0.491 e. The number of carbonyl (C=O) groups is 1. The monoisotopic (exact) mass is 384 g/mol. The molecule has 2 N–H and O–H groups in total. The number of amides is 1. The van der Waals surface area contributed by atoms with Gasteiger partial charge in [-0.2, -0.15) is 0 Å². The fourth-order valence-electron chi connectivity index (χ4n) is 4.68. The van der Waals surface area contributed by atoms with E-state index < -0.39 is 0 Å². The highest BCUT2D eigenvalue weighted by molar-refractivity contribution is 5.75. The molecule has 1 spiro atoms. The van der Waals surface area contributed by atoms with Crippen LogP contribution in [0, 0.1) is 0 Å². The van der Waals surface area contributed by atoms with Gasteiger partial charge in [0, 0.05) is 45.2 Å². The number of hydrogen-bond acceptors (Lipinski definition) is 5. The van der Waals surface area contributed by atoms with Crippen molar-refractivity contribution < 1.29 is 14.6 Å². The lowest BCUT2D eigenvalue weighted by Crippen LogP contribution is -2.57. The lowest BCUT2D eigenvalue weighted by Gasteiger charge is -2.50. The minimum atomic E-state index is -0.276. The number of rotatable bonds is 5. The predicted molar refractivity (Wildman–Crippen MR) is 105 cm³/mol. The van der Waals surface area contributed by atoms with Crippen molar-refractivity contribution in [2.75, 3.05) is 32.8 Å². The smallest absolute Gasteiger partial charge is 0.220 e. The molecule has 7 heteroatoms. The fraction of sp³-hybridized carbons (Fsp3) is 0.524. The van der Waals surface area contributed by atoms with Crippen LogP contribution in [0.1, 0.15) is 36.7 Å². The van der Waals surface area contributed by atoms with Crippen molar-refractivity contribution in [3.8, 4) is 5.75 Å². The third kappa shape index (κ3) is 3.52. The summed E-state index contributed by atoms with van der Waals surface area (Å²) in [7, 11) is 0. The van der Waals surface area contributed by atoms with Gasteiger partial charge < -0.3 is 19.7 Å². The minimum absolute atomic E-state index is 0.0141. The van der Waals surface area contributed by atoms with Crippen molar-refractivity contribution in [2.24, 2.45) is 0 Å². The zero-order valence-corrected chi connectivity index (χ0v) is 16.4. The van der Waals surface area contributed by atoms with E-state index in [4.69, 9.17) is 9.84 Å². The van der Waals surface area contributed by atoms with Crippen LogP contribution in [0.3, 0.4) is 0 Å². The normalized spacial score (nSPS) is 18.9. The number of carbonyl (C=O) groups excluding carboxylic acids is 1. The molecule has 28 heavy (non-hydrogen) atoms. The molecule has 0 bridgehead atoms. The molecule has 2 aliphatic rings. The summed E-state index contributed by atoms with van der Waals surface area (Å²) in [5.74, 6) is 0.923. The van der Waals surface area contributed by atoms with E-state index in [1.807, 2.05) is 23.1 Å². The average molecular weight is 384 g/mol. The summed E-state index contributed by atoms with van der Waals surface area (Å²) in [6, 6.07) is 8.04. The Balaban J connectivity index is 1.46. The van der Waals surface area contributed by atoms with Crippen LogP contribution in [0.15, 0.2) is 30.6 Å². The molecule has 1 amide bonds. The highest BCUT2D eigenvalue weighted by atomic mass is 16.5. The Morgan fingerprint density at radius 3 is 2.89 bits per heavy atom. The van der Waals surface area contributed by atoms with Crippen molar-refractivity contribution in [2.45, 2.75) is 38.3 Å². The third-order valence-corrected chi connectivity index (χ3v) is 5.99. The first-order valence-electron chi connectivity index (χ1n) is 9.98. The molecule has 0 unspecified atom stereocenters. The number of aliphatic hydroxyl groups is 1. The highest BCUT2D eigenvalue weighted by Crippen LogP contribution is 2.42. The second kappa shape index (κ2) is 7.93. The van der Waals surface area contributed by atoms with Crippen molar-refractivity contribution in [1.82, 2.24) is 19.8 Å². The van der Waals surface area contributed by atoms with Crippen LogP contribution in [-0.2, 0) is 23.3 Å². The molecule has 1 aromatic heterocycles. The van der Waals surface area contributed by atoms with Gasteiger partial charge in [-0.25, -0.2) is 4.98 Å². The predicted octanol–water partition coefficient (Wildman–Crippen LogP) is 1.68. The zero-order valence-electron chi connectivity index (χ0n) is 16.4. The molecule has 7 nitrogen and oxygen atoms in total. The zero-order chi connectivity index (χ0) is 19.6. The molecule has 1 fully saturated rings. The van der Waals surface area contributed by atoms with E-state index in [2.05, 4.69) is 20.9 Å². The number of imidazole rings is 1. The Hall–Kier alpha value is -2.38. The molecule has 2 aromatic rings. The van der Waals surface area contributed by atoms with Gasteiger partial charge in [-0.05, 0) is 30.5 Å². The molecular weight excluding hydrogens is 356 g/mol. The Morgan fingerprint density at radius 2 is 2.14 bits per heavy atom. The van der Waals surface area contributed by atoms with Gasteiger partial charge in [-0.1, -0.05) is 12.1 Å². The summed E-state index contributed by atoms with van der Waals surface area (Å²) < 4.78 is 5.52. The number of fused-ring (bicyclic) bond motifs is 2. The first-order valence-corrected chi connectivity index (χ1v) is 9.98. The number of likely N-dealkylation sites (tertiary alicyclic amines) is 1. The van der Waals surface area contributed by atoms with E-state index in [-0.39, 0.29) is 18.1 Å². The third-order valence-electron chi connectivity index (χ3n) is 5.99. The Kier molecular flexibility index (Phi) is 5.37. The van der Waals surface area contributed by atoms with Crippen LogP contribution in [0.5, 0.6) is 5.75 Å². The van der Waals surface area contributed by atoms with Gasteiger partial charge >= 0.3 is 0 Å². The number of piperidine rings is 1. The molecule has 0 atom stereocenters. The van der Waals surface area contributed by atoms with Gasteiger partial charge in [0.15, 0.2) is 0 Å². The van der Waals surface area contributed by atoms with Crippen molar-refractivity contribution in [3.05, 3.63) is 47.5 Å². The lowest BCUT2D eigenvalue weighted by molar-refractivity contribution is -0.139. The number of H-pyrrole nitrogens is 1. The van der Waals surface area contributed by atoms with Crippen molar-refractivity contribution in [3.63, 3.8) is 0 Å². The number of aliphatic hydroxyl groups excluding tert-OH is 1. The van der Waals surface area contributed by atoms with E-state index >= 15 is 0 Å². The van der Waals surface area contributed by atoms with E-state index in [0.29, 0.717) is 6.61 Å². The van der Waals surface area contributed by atoms with Gasteiger partial charge in [0.05, 0.1) is 24.2 Å². The van der Waals surface area contributed by atoms with Crippen LogP contribution in [0.2, 0.25) is 0 Å². The molecular formula is C21H28N4O3. The SMILES string of the molecule is CC(=O)N1CCc2[nH]cnc2C12CCN(Cc1cccc(OCCO)c1)CC2. The van der Waals surface area contributed by atoms with Crippen LogP contribution in [0.25, 0.3) is 0 Å². The second-order valence-corrected chi connectivity index (χ2v) is 7.68. The summed E-state index contributed by atoms with van der Waals surface area (Å²) in [4.78, 5) is 24.7. The first-order chi connectivity index (χ1) is 13.6. The maximum atomic E-state index is 12.3. The van der Waals surface area contributed by atoms with Gasteiger partial charge in [-0.3, -0.25) is 9.69 Å². The van der Waals surface area contributed by atoms with Gasteiger partial charge in [0.2, 0.25) is 5.91 Å². The summed E-state index contributed by atoms with van der Waals surface area (Å²) in [6.45, 7) is 5.43. The molecule has 150 valence electrons. The number of nitrogens with one attached hydrogen (secondary N) is 1. The molecule has 0 aliphatic carbocycles. The van der Waals surface area contributed by atoms with E-state index in [0.717, 1.165) is 56.9 Å². The topological polar surface area (TPSA) is 81.7 Å². The fourth-order valence-corrected chi connectivity index (χ4v) is 4.68. The van der Waals surface area contributed by atoms with Crippen molar-refractivity contribution >= 4 is 5.91 Å².